The Hall–Kier alpha value is -2.09. The number of carbonyl (C=O) groups excluding carboxylic acids is 1. The van der Waals surface area contributed by atoms with E-state index in [2.05, 4.69) is 5.32 Å². The lowest BCUT2D eigenvalue weighted by atomic mass is 10.1. The van der Waals surface area contributed by atoms with Crippen LogP contribution in [0.1, 0.15) is 18.5 Å². The molecule has 0 unspecified atom stereocenters. The highest BCUT2D eigenvalue weighted by Crippen LogP contribution is 2.28. The van der Waals surface area contributed by atoms with Crippen molar-refractivity contribution in [3.8, 4) is 5.75 Å². The van der Waals surface area contributed by atoms with Gasteiger partial charge in [0.25, 0.3) is 5.91 Å². The fourth-order valence-electron chi connectivity index (χ4n) is 2.22. The van der Waals surface area contributed by atoms with Crippen LogP contribution in [0.2, 0.25) is 5.02 Å². The van der Waals surface area contributed by atoms with Crippen molar-refractivity contribution < 1.29 is 17.9 Å². The summed E-state index contributed by atoms with van der Waals surface area (Å²) >= 11 is 6.09. The van der Waals surface area contributed by atoms with Crippen molar-refractivity contribution in [3.63, 3.8) is 0 Å². The molecule has 0 fully saturated rings. The number of sulfonamides is 1. The summed E-state index contributed by atoms with van der Waals surface area (Å²) in [5.41, 5.74) is 0.983. The Morgan fingerprint density at radius 3 is 2.42 bits per heavy atom. The van der Waals surface area contributed by atoms with E-state index in [0.29, 0.717) is 0 Å². The first-order chi connectivity index (χ1) is 12.2. The number of hydrogen-bond donors (Lipinski definition) is 1. The van der Waals surface area contributed by atoms with Crippen molar-refractivity contribution in [1.29, 1.82) is 0 Å². The number of ether oxygens (including phenoxy) is 1. The molecule has 2 aromatic rings. The number of nitrogens with zero attached hydrogens (tertiary/aromatic N) is 1. The van der Waals surface area contributed by atoms with Gasteiger partial charge >= 0.3 is 0 Å². The summed E-state index contributed by atoms with van der Waals surface area (Å²) < 4.78 is 30.7. The predicted molar refractivity (Wildman–Crippen MR) is 101 cm³/mol. The topological polar surface area (TPSA) is 75.7 Å². The van der Waals surface area contributed by atoms with Gasteiger partial charge in [0.1, 0.15) is 5.75 Å². The number of rotatable bonds is 7. The molecule has 0 radical (unpaired) electrons. The van der Waals surface area contributed by atoms with E-state index in [0.717, 1.165) is 9.87 Å². The summed E-state index contributed by atoms with van der Waals surface area (Å²) in [5, 5.41) is 2.95. The second kappa shape index (κ2) is 8.53. The van der Waals surface area contributed by atoms with Gasteiger partial charge in [-0.1, -0.05) is 41.9 Å². The highest BCUT2D eigenvalue weighted by molar-refractivity contribution is 7.89. The molecule has 0 saturated heterocycles. The second-order valence-electron chi connectivity index (χ2n) is 5.87. The van der Waals surface area contributed by atoms with Gasteiger partial charge in [-0.2, -0.15) is 0 Å². The lowest BCUT2D eigenvalue weighted by Crippen LogP contribution is -2.31. The zero-order valence-corrected chi connectivity index (χ0v) is 16.3. The van der Waals surface area contributed by atoms with Gasteiger partial charge in [0.05, 0.1) is 16.0 Å². The summed E-state index contributed by atoms with van der Waals surface area (Å²) in [6.45, 7) is 1.65. The maximum atomic E-state index is 12.1. The molecule has 6 nitrogen and oxygen atoms in total. The van der Waals surface area contributed by atoms with E-state index in [1.54, 1.807) is 0 Å². The number of benzene rings is 2. The average molecular weight is 397 g/mol. The smallest absolute Gasteiger partial charge is 0.258 e. The summed E-state index contributed by atoms with van der Waals surface area (Å²) in [6, 6.07) is 13.5. The first-order valence-electron chi connectivity index (χ1n) is 7.91. The first kappa shape index (κ1) is 20.2. The van der Waals surface area contributed by atoms with Crippen LogP contribution in [-0.4, -0.2) is 39.3 Å². The van der Waals surface area contributed by atoms with Crippen LogP contribution in [0.5, 0.6) is 5.75 Å². The molecular weight excluding hydrogens is 376 g/mol. The summed E-state index contributed by atoms with van der Waals surface area (Å²) in [4.78, 5) is 12.1. The van der Waals surface area contributed by atoms with Crippen LogP contribution in [0.3, 0.4) is 0 Å². The molecule has 1 amide bonds. The zero-order chi connectivity index (χ0) is 19.3. The molecule has 8 heteroatoms. The first-order valence-corrected chi connectivity index (χ1v) is 9.73. The van der Waals surface area contributed by atoms with E-state index < -0.39 is 10.0 Å². The minimum absolute atomic E-state index is 0.0574. The van der Waals surface area contributed by atoms with Crippen LogP contribution >= 0.6 is 11.6 Å². The Labute approximate surface area is 158 Å². The lowest BCUT2D eigenvalue weighted by molar-refractivity contribution is -0.123. The molecular formula is C18H21ClN2O4S. The molecule has 1 N–H and O–H groups in total. The van der Waals surface area contributed by atoms with Crippen molar-refractivity contribution >= 4 is 27.5 Å². The van der Waals surface area contributed by atoms with Gasteiger partial charge in [-0.15, -0.1) is 0 Å². The molecule has 26 heavy (non-hydrogen) atoms. The molecule has 0 heterocycles. The highest BCUT2D eigenvalue weighted by Gasteiger charge is 2.19. The fourth-order valence-corrected chi connectivity index (χ4v) is 3.45. The third-order valence-corrected chi connectivity index (χ3v) is 5.82. The molecule has 0 aliphatic heterocycles. The number of carbonyl (C=O) groups is 1. The monoisotopic (exact) mass is 396 g/mol. The van der Waals surface area contributed by atoms with E-state index >= 15 is 0 Å². The molecule has 0 aromatic heterocycles. The summed E-state index contributed by atoms with van der Waals surface area (Å²) in [5.74, 6) is -0.0608. The predicted octanol–water partition coefficient (Wildman–Crippen LogP) is 2.85. The van der Waals surface area contributed by atoms with E-state index in [4.69, 9.17) is 16.3 Å². The van der Waals surface area contributed by atoms with E-state index in [1.165, 1.54) is 32.3 Å². The largest absolute Gasteiger partial charge is 0.482 e. The van der Waals surface area contributed by atoms with Crippen LogP contribution in [0.4, 0.5) is 0 Å². The van der Waals surface area contributed by atoms with Crippen LogP contribution in [0, 0.1) is 0 Å². The zero-order valence-electron chi connectivity index (χ0n) is 14.8. The maximum absolute atomic E-state index is 12.1. The van der Waals surface area contributed by atoms with Gasteiger partial charge in [0, 0.05) is 14.1 Å². The average Bonchev–Trinajstić information content (AvgIpc) is 2.61. The van der Waals surface area contributed by atoms with Gasteiger partial charge in [-0.25, -0.2) is 12.7 Å². The number of nitrogens with one attached hydrogen (secondary N) is 1. The van der Waals surface area contributed by atoms with Crippen LogP contribution in [0.15, 0.2) is 53.4 Å². The van der Waals surface area contributed by atoms with E-state index in [1.807, 2.05) is 37.3 Å². The molecule has 0 saturated carbocycles. The third-order valence-electron chi connectivity index (χ3n) is 3.72. The van der Waals surface area contributed by atoms with Crippen LogP contribution in [-0.2, 0) is 14.8 Å². The van der Waals surface area contributed by atoms with Gasteiger partial charge in [0.2, 0.25) is 10.0 Å². The van der Waals surface area contributed by atoms with Crippen LogP contribution in [0.25, 0.3) is 0 Å². The summed E-state index contributed by atoms with van der Waals surface area (Å²) in [7, 11) is -0.707. The number of hydrogen-bond acceptors (Lipinski definition) is 4. The molecule has 2 rings (SSSR count). The molecule has 0 bridgehead atoms. The van der Waals surface area contributed by atoms with Gasteiger partial charge in [-0.3, -0.25) is 4.79 Å². The van der Waals surface area contributed by atoms with E-state index in [9.17, 15) is 13.2 Å². The Bertz CT molecular complexity index is 870. The van der Waals surface area contributed by atoms with Crippen molar-refractivity contribution in [3.05, 3.63) is 59.1 Å². The van der Waals surface area contributed by atoms with Gasteiger partial charge in [-0.05, 0) is 30.7 Å². The normalized spacial score (nSPS) is 12.7. The van der Waals surface area contributed by atoms with Crippen molar-refractivity contribution in [2.75, 3.05) is 20.7 Å². The second-order valence-corrected chi connectivity index (χ2v) is 8.43. The SMILES string of the molecule is C[C@H](NC(=O)COc1ccc(S(=O)(=O)N(C)C)cc1Cl)c1ccccc1. The van der Waals surface area contributed by atoms with Crippen molar-refractivity contribution in [2.45, 2.75) is 17.9 Å². The Balaban J connectivity index is 1.98. The van der Waals surface area contributed by atoms with Gasteiger partial charge < -0.3 is 10.1 Å². The molecule has 140 valence electrons. The minimum Gasteiger partial charge on any atom is -0.482 e. The molecule has 0 spiro atoms. The molecule has 2 aromatic carbocycles. The molecule has 1 atom stereocenters. The lowest BCUT2D eigenvalue weighted by Gasteiger charge is -2.15. The van der Waals surface area contributed by atoms with Crippen molar-refractivity contribution in [2.24, 2.45) is 0 Å². The maximum Gasteiger partial charge on any atom is 0.258 e. The fraction of sp³-hybridized carbons (Fsp3) is 0.278. The Morgan fingerprint density at radius 1 is 1.19 bits per heavy atom. The van der Waals surface area contributed by atoms with Crippen LogP contribution < -0.4 is 10.1 Å². The van der Waals surface area contributed by atoms with Gasteiger partial charge in [0.15, 0.2) is 6.61 Å². The minimum atomic E-state index is -3.58. The highest BCUT2D eigenvalue weighted by atomic mass is 35.5. The molecule has 0 aliphatic rings. The standard InChI is InChI=1S/C18H21ClN2O4S/c1-13(14-7-5-4-6-8-14)20-18(22)12-25-17-10-9-15(11-16(17)19)26(23,24)21(2)3/h4-11,13H,12H2,1-3H3,(H,20,22)/t13-/m0/s1. The van der Waals surface area contributed by atoms with E-state index in [-0.39, 0.29) is 34.2 Å². The Kier molecular flexibility index (Phi) is 6.63. The molecule has 0 aliphatic carbocycles. The Morgan fingerprint density at radius 2 is 1.85 bits per heavy atom. The number of halogens is 1. The summed E-state index contributed by atoms with van der Waals surface area (Å²) in [6.07, 6.45) is 0. The third kappa shape index (κ3) is 4.97. The number of amides is 1. The van der Waals surface area contributed by atoms with Crippen molar-refractivity contribution in [1.82, 2.24) is 9.62 Å². The quantitative estimate of drug-likeness (QED) is 0.780.